The minimum absolute atomic E-state index is 0.208. The van der Waals surface area contributed by atoms with E-state index in [2.05, 4.69) is 16.6 Å². The van der Waals surface area contributed by atoms with Gasteiger partial charge in [-0.15, -0.1) is 11.3 Å². The topological polar surface area (TPSA) is 72.6 Å². The molecule has 2 aliphatic heterocycles. The number of fused-ring (bicyclic) bond motifs is 2. The van der Waals surface area contributed by atoms with Crippen molar-refractivity contribution >= 4 is 21.4 Å². The molecule has 0 aliphatic carbocycles. The molecule has 6 nitrogen and oxygen atoms in total. The van der Waals surface area contributed by atoms with Crippen molar-refractivity contribution in [2.75, 3.05) is 19.7 Å². The Morgan fingerprint density at radius 1 is 1.29 bits per heavy atom. The Morgan fingerprint density at radius 3 is 2.71 bits per heavy atom. The molecular formula is C16H20N2O4S2. The van der Waals surface area contributed by atoms with E-state index in [1.165, 1.54) is 14.7 Å². The number of thiophene rings is 1. The molecule has 0 bridgehead atoms. The highest BCUT2D eigenvalue weighted by Gasteiger charge is 2.44. The van der Waals surface area contributed by atoms with E-state index in [-0.39, 0.29) is 10.5 Å². The van der Waals surface area contributed by atoms with Crippen LogP contribution in [0.15, 0.2) is 20.9 Å². The zero-order chi connectivity index (χ0) is 16.9. The summed E-state index contributed by atoms with van der Waals surface area (Å²) in [6.07, 6.45) is 2.31. The number of aryl methyl sites for hydroxylation is 2. The standard InChI is InChI=1S/C16H20N2O4S2/c1-11-15(12(2)22-17-11)24(19,20)18-7-5-16(6-8-18)13-4-10-23-14(13)3-9-21-16/h4,10H,3,5-9H2,1-2H3. The van der Waals surface area contributed by atoms with Crippen LogP contribution in [-0.4, -0.2) is 37.6 Å². The van der Waals surface area contributed by atoms with Gasteiger partial charge in [-0.25, -0.2) is 8.42 Å². The summed E-state index contributed by atoms with van der Waals surface area (Å²) in [5.41, 5.74) is 1.35. The molecule has 0 radical (unpaired) electrons. The van der Waals surface area contributed by atoms with Crippen LogP contribution < -0.4 is 0 Å². The Morgan fingerprint density at radius 2 is 2.04 bits per heavy atom. The lowest BCUT2D eigenvalue weighted by Crippen LogP contribution is -2.48. The van der Waals surface area contributed by atoms with Gasteiger partial charge < -0.3 is 9.26 Å². The van der Waals surface area contributed by atoms with E-state index in [0.717, 1.165) is 6.42 Å². The van der Waals surface area contributed by atoms with E-state index in [4.69, 9.17) is 9.26 Å². The average molecular weight is 368 g/mol. The van der Waals surface area contributed by atoms with Crippen LogP contribution in [0, 0.1) is 13.8 Å². The maximum absolute atomic E-state index is 12.9. The first-order valence-electron chi connectivity index (χ1n) is 8.08. The van der Waals surface area contributed by atoms with Crippen molar-refractivity contribution in [3.05, 3.63) is 33.3 Å². The second-order valence-electron chi connectivity index (χ2n) is 6.41. The van der Waals surface area contributed by atoms with Gasteiger partial charge in [0.2, 0.25) is 10.0 Å². The lowest BCUT2D eigenvalue weighted by Gasteiger charge is -2.43. The highest BCUT2D eigenvalue weighted by atomic mass is 32.2. The fourth-order valence-electron chi connectivity index (χ4n) is 3.83. The number of sulfonamides is 1. The minimum atomic E-state index is -3.58. The van der Waals surface area contributed by atoms with Crippen molar-refractivity contribution in [1.82, 2.24) is 9.46 Å². The van der Waals surface area contributed by atoms with Crippen molar-refractivity contribution in [2.45, 2.75) is 43.6 Å². The molecule has 0 amide bonds. The van der Waals surface area contributed by atoms with Crippen LogP contribution in [0.2, 0.25) is 0 Å². The highest BCUT2D eigenvalue weighted by molar-refractivity contribution is 7.89. The Balaban J connectivity index is 1.60. The van der Waals surface area contributed by atoms with E-state index in [0.29, 0.717) is 44.0 Å². The number of piperidine rings is 1. The number of hydrogen-bond acceptors (Lipinski definition) is 6. The van der Waals surface area contributed by atoms with Gasteiger partial charge in [-0.2, -0.15) is 4.31 Å². The van der Waals surface area contributed by atoms with E-state index in [1.54, 1.807) is 25.2 Å². The van der Waals surface area contributed by atoms with Crippen LogP contribution in [0.3, 0.4) is 0 Å². The molecule has 2 aromatic heterocycles. The van der Waals surface area contributed by atoms with Crippen molar-refractivity contribution in [3.63, 3.8) is 0 Å². The van der Waals surface area contributed by atoms with Crippen molar-refractivity contribution in [1.29, 1.82) is 0 Å². The largest absolute Gasteiger partial charge is 0.370 e. The van der Waals surface area contributed by atoms with Gasteiger partial charge in [-0.1, -0.05) is 5.16 Å². The molecule has 1 fully saturated rings. The Labute approximate surface area is 145 Å². The van der Waals surface area contributed by atoms with Crippen molar-refractivity contribution in [3.8, 4) is 0 Å². The Kier molecular flexibility index (Phi) is 3.83. The second-order valence-corrected chi connectivity index (χ2v) is 9.28. The molecule has 0 saturated carbocycles. The molecular weight excluding hydrogens is 348 g/mol. The van der Waals surface area contributed by atoms with E-state index >= 15 is 0 Å². The number of rotatable bonds is 2. The van der Waals surface area contributed by atoms with Crippen LogP contribution in [-0.2, 0) is 26.8 Å². The number of hydrogen-bond donors (Lipinski definition) is 0. The summed E-state index contributed by atoms with van der Waals surface area (Å²) in [7, 11) is -3.58. The quantitative estimate of drug-likeness (QED) is 0.815. The Bertz CT molecular complexity index is 841. The monoisotopic (exact) mass is 368 g/mol. The van der Waals surface area contributed by atoms with Gasteiger partial charge >= 0.3 is 0 Å². The molecule has 0 aromatic carbocycles. The average Bonchev–Trinajstić information content (AvgIpc) is 3.16. The fraction of sp³-hybridized carbons (Fsp3) is 0.562. The molecule has 4 rings (SSSR count). The third kappa shape index (κ3) is 2.35. The summed E-state index contributed by atoms with van der Waals surface area (Å²) in [4.78, 5) is 1.59. The summed E-state index contributed by atoms with van der Waals surface area (Å²) in [5.74, 6) is 0.349. The first-order chi connectivity index (χ1) is 11.4. The van der Waals surface area contributed by atoms with Gasteiger partial charge in [0.25, 0.3) is 0 Å². The predicted octanol–water partition coefficient (Wildman–Crippen LogP) is 2.61. The number of ether oxygens (including phenoxy) is 1. The minimum Gasteiger partial charge on any atom is -0.370 e. The molecule has 2 aromatic rings. The van der Waals surface area contributed by atoms with Crippen molar-refractivity contribution < 1.29 is 17.7 Å². The van der Waals surface area contributed by atoms with Crippen LogP contribution in [0.1, 0.15) is 34.7 Å². The van der Waals surface area contributed by atoms with Gasteiger partial charge in [-0.3, -0.25) is 0 Å². The smallest absolute Gasteiger partial charge is 0.248 e. The lowest BCUT2D eigenvalue weighted by atomic mass is 9.83. The third-order valence-corrected chi connectivity index (χ3v) is 8.16. The van der Waals surface area contributed by atoms with Gasteiger partial charge in [0, 0.05) is 24.4 Å². The Hall–Kier alpha value is -1.22. The number of nitrogens with zero attached hydrogens (tertiary/aromatic N) is 2. The first kappa shape index (κ1) is 16.3. The lowest BCUT2D eigenvalue weighted by molar-refractivity contribution is -0.0882. The van der Waals surface area contributed by atoms with Crippen LogP contribution >= 0.6 is 11.3 Å². The van der Waals surface area contributed by atoms with Gasteiger partial charge in [0.05, 0.1) is 12.2 Å². The highest BCUT2D eigenvalue weighted by Crippen LogP contribution is 2.44. The van der Waals surface area contributed by atoms with E-state index in [1.807, 2.05) is 0 Å². The maximum Gasteiger partial charge on any atom is 0.248 e. The zero-order valence-corrected chi connectivity index (χ0v) is 15.4. The van der Waals surface area contributed by atoms with Crippen LogP contribution in [0.25, 0.3) is 0 Å². The molecule has 4 heterocycles. The first-order valence-corrected chi connectivity index (χ1v) is 10.4. The van der Waals surface area contributed by atoms with Gasteiger partial charge in [0.15, 0.2) is 5.76 Å². The molecule has 2 aliphatic rings. The van der Waals surface area contributed by atoms with Crippen LogP contribution in [0.4, 0.5) is 0 Å². The summed E-state index contributed by atoms with van der Waals surface area (Å²) >= 11 is 1.77. The summed E-state index contributed by atoms with van der Waals surface area (Å²) in [6.45, 7) is 4.91. The molecule has 130 valence electrons. The van der Waals surface area contributed by atoms with Crippen LogP contribution in [0.5, 0.6) is 0 Å². The second kappa shape index (κ2) is 5.66. The molecule has 0 atom stereocenters. The number of aromatic nitrogens is 1. The van der Waals surface area contributed by atoms with E-state index < -0.39 is 10.0 Å². The molecule has 0 N–H and O–H groups in total. The van der Waals surface area contributed by atoms with Gasteiger partial charge in [0.1, 0.15) is 10.6 Å². The summed E-state index contributed by atoms with van der Waals surface area (Å²) in [5, 5.41) is 5.88. The predicted molar refractivity (Wildman–Crippen MR) is 89.6 cm³/mol. The molecule has 1 saturated heterocycles. The summed E-state index contributed by atoms with van der Waals surface area (Å²) in [6, 6.07) is 2.14. The molecule has 8 heteroatoms. The molecule has 0 unspecified atom stereocenters. The normalized spacial score (nSPS) is 21.1. The third-order valence-electron chi connectivity index (χ3n) is 5.04. The summed E-state index contributed by atoms with van der Waals surface area (Å²) < 4.78 is 38.6. The van der Waals surface area contributed by atoms with Crippen molar-refractivity contribution in [2.24, 2.45) is 0 Å². The van der Waals surface area contributed by atoms with Gasteiger partial charge in [-0.05, 0) is 43.7 Å². The fourth-order valence-corrected chi connectivity index (χ4v) is 6.51. The molecule has 24 heavy (non-hydrogen) atoms. The van der Waals surface area contributed by atoms with E-state index in [9.17, 15) is 8.42 Å². The SMILES string of the molecule is Cc1noc(C)c1S(=O)(=O)N1CCC2(CC1)OCCc1sccc12. The molecule has 1 spiro atoms. The zero-order valence-electron chi connectivity index (χ0n) is 13.7. The maximum atomic E-state index is 12.9.